The second kappa shape index (κ2) is 9.17. The van der Waals surface area contributed by atoms with Gasteiger partial charge in [0.1, 0.15) is 11.6 Å². The van der Waals surface area contributed by atoms with Gasteiger partial charge in [-0.05, 0) is 48.7 Å². The molecule has 2 heterocycles. The Kier molecular flexibility index (Phi) is 6.18. The summed E-state index contributed by atoms with van der Waals surface area (Å²) in [5.74, 6) is 2.21. The van der Waals surface area contributed by atoms with Crippen LogP contribution in [0, 0.1) is 0 Å². The summed E-state index contributed by atoms with van der Waals surface area (Å²) >= 11 is 6.08. The third-order valence-corrected chi connectivity index (χ3v) is 5.36. The van der Waals surface area contributed by atoms with Crippen molar-refractivity contribution in [2.45, 2.75) is 38.8 Å². The zero-order valence-electron chi connectivity index (χ0n) is 16.8. The minimum absolute atomic E-state index is 0.292. The minimum atomic E-state index is -0.292. The first kappa shape index (κ1) is 20.2. The van der Waals surface area contributed by atoms with Gasteiger partial charge >= 0.3 is 6.03 Å². The third kappa shape index (κ3) is 4.57. The second-order valence-electron chi connectivity index (χ2n) is 7.26. The highest BCUT2D eigenvalue weighted by Crippen LogP contribution is 2.24. The fourth-order valence-electron chi connectivity index (χ4n) is 3.61. The van der Waals surface area contributed by atoms with E-state index < -0.39 is 0 Å². The first-order valence-electron chi connectivity index (χ1n) is 10.0. The van der Waals surface area contributed by atoms with Crippen molar-refractivity contribution in [3.05, 3.63) is 64.9 Å². The molecule has 30 heavy (non-hydrogen) atoms. The summed E-state index contributed by atoms with van der Waals surface area (Å²) in [7, 11) is 1.63. The van der Waals surface area contributed by atoms with Gasteiger partial charge in [-0.25, -0.2) is 4.79 Å². The number of carbonyl (C=O) groups is 1. The summed E-state index contributed by atoms with van der Waals surface area (Å²) in [6, 6.07) is 14.5. The van der Waals surface area contributed by atoms with Gasteiger partial charge in [0.25, 0.3) is 0 Å². The molecule has 0 saturated heterocycles. The van der Waals surface area contributed by atoms with Crippen LogP contribution in [0.1, 0.15) is 30.7 Å². The maximum Gasteiger partial charge on any atom is 0.329 e. The van der Waals surface area contributed by atoms with Crippen molar-refractivity contribution >= 4 is 29.3 Å². The van der Waals surface area contributed by atoms with Gasteiger partial charge in [-0.3, -0.25) is 9.47 Å². The molecule has 0 saturated carbocycles. The molecule has 1 aliphatic rings. The number of fused-ring (bicyclic) bond motifs is 1. The van der Waals surface area contributed by atoms with E-state index in [2.05, 4.69) is 20.1 Å². The fraction of sp³-hybridized carbons (Fsp3) is 0.318. The maximum absolute atomic E-state index is 13.3. The van der Waals surface area contributed by atoms with Crippen LogP contribution in [0.5, 0.6) is 5.75 Å². The van der Waals surface area contributed by atoms with E-state index in [1.54, 1.807) is 36.3 Å². The molecule has 1 aromatic heterocycles. The van der Waals surface area contributed by atoms with Crippen LogP contribution in [0.4, 0.5) is 16.4 Å². The summed E-state index contributed by atoms with van der Waals surface area (Å²) in [5, 5.41) is 12.2. The number of ether oxygens (including phenoxy) is 1. The van der Waals surface area contributed by atoms with E-state index in [0.29, 0.717) is 23.2 Å². The molecule has 1 aliphatic heterocycles. The topological polar surface area (TPSA) is 72.3 Å². The Hall–Kier alpha value is -3.06. The molecule has 0 bridgehead atoms. The largest absolute Gasteiger partial charge is 0.497 e. The van der Waals surface area contributed by atoms with Crippen LogP contribution < -0.4 is 15.0 Å². The number of methoxy groups -OCH3 is 1. The highest BCUT2D eigenvalue weighted by molar-refractivity contribution is 6.30. The molecule has 0 radical (unpaired) electrons. The number of aryl methyl sites for hydroxylation is 1. The Bertz CT molecular complexity index is 1040. The zero-order valence-corrected chi connectivity index (χ0v) is 17.6. The van der Waals surface area contributed by atoms with Gasteiger partial charge in [0.05, 0.1) is 13.7 Å². The van der Waals surface area contributed by atoms with E-state index in [1.165, 1.54) is 0 Å². The van der Waals surface area contributed by atoms with Gasteiger partial charge in [0, 0.05) is 23.7 Å². The normalized spacial score (nSPS) is 13.3. The van der Waals surface area contributed by atoms with Gasteiger partial charge in [-0.1, -0.05) is 36.2 Å². The molecule has 2 aromatic carbocycles. The number of benzene rings is 2. The number of carbonyl (C=O) groups excluding carboxylic acids is 1. The molecule has 4 rings (SSSR count). The molecule has 7 nitrogen and oxygen atoms in total. The van der Waals surface area contributed by atoms with Gasteiger partial charge in [-0.2, -0.15) is 0 Å². The predicted octanol–water partition coefficient (Wildman–Crippen LogP) is 4.91. The number of hydrogen-bond donors (Lipinski definition) is 1. The van der Waals surface area contributed by atoms with E-state index in [-0.39, 0.29) is 6.03 Å². The first-order valence-corrected chi connectivity index (χ1v) is 10.4. The van der Waals surface area contributed by atoms with Crippen molar-refractivity contribution in [2.75, 3.05) is 17.3 Å². The van der Waals surface area contributed by atoms with E-state index in [0.717, 1.165) is 49.4 Å². The highest BCUT2D eigenvalue weighted by Gasteiger charge is 2.25. The molecule has 2 amide bonds. The summed E-state index contributed by atoms with van der Waals surface area (Å²) in [4.78, 5) is 14.9. The molecule has 156 valence electrons. The lowest BCUT2D eigenvalue weighted by molar-refractivity contribution is 0.256. The maximum atomic E-state index is 13.3. The Morgan fingerprint density at radius 1 is 1.17 bits per heavy atom. The Morgan fingerprint density at radius 2 is 2.03 bits per heavy atom. The first-order chi connectivity index (χ1) is 14.6. The Balaban J connectivity index is 1.67. The Labute approximate surface area is 180 Å². The summed E-state index contributed by atoms with van der Waals surface area (Å²) in [6.07, 6.45) is 4.15. The van der Waals surface area contributed by atoms with Crippen molar-refractivity contribution in [1.82, 2.24) is 14.8 Å². The van der Waals surface area contributed by atoms with Crippen LogP contribution in [0.3, 0.4) is 0 Å². The van der Waals surface area contributed by atoms with Crippen LogP contribution in [0.2, 0.25) is 5.02 Å². The van der Waals surface area contributed by atoms with Crippen LogP contribution >= 0.6 is 11.6 Å². The van der Waals surface area contributed by atoms with Gasteiger partial charge in [-0.15, -0.1) is 10.2 Å². The SMILES string of the molecule is COc1cccc(CN(C(=O)Nc2cccc(Cl)c2)c2nnc3n2CCCCC3)c1. The molecule has 8 heteroatoms. The average Bonchev–Trinajstić information content (AvgIpc) is 2.99. The molecule has 0 aliphatic carbocycles. The number of rotatable bonds is 5. The predicted molar refractivity (Wildman–Crippen MR) is 117 cm³/mol. The summed E-state index contributed by atoms with van der Waals surface area (Å²) < 4.78 is 7.40. The fourth-order valence-corrected chi connectivity index (χ4v) is 3.80. The van der Waals surface area contributed by atoms with Gasteiger partial charge < -0.3 is 10.1 Å². The minimum Gasteiger partial charge on any atom is -0.497 e. The van der Waals surface area contributed by atoms with Crippen LogP contribution in [-0.4, -0.2) is 27.9 Å². The lowest BCUT2D eigenvalue weighted by Gasteiger charge is -2.23. The zero-order chi connectivity index (χ0) is 20.9. The number of amides is 2. The van der Waals surface area contributed by atoms with Gasteiger partial charge in [0.15, 0.2) is 0 Å². The molecule has 0 fully saturated rings. The molecular formula is C22H24ClN5O2. The van der Waals surface area contributed by atoms with Crippen LogP contribution in [0.25, 0.3) is 0 Å². The van der Waals surface area contributed by atoms with Crippen molar-refractivity contribution < 1.29 is 9.53 Å². The smallest absolute Gasteiger partial charge is 0.329 e. The highest BCUT2D eigenvalue weighted by atomic mass is 35.5. The summed E-state index contributed by atoms with van der Waals surface area (Å²) in [5.41, 5.74) is 1.56. The molecule has 0 spiro atoms. The average molecular weight is 426 g/mol. The summed E-state index contributed by atoms with van der Waals surface area (Å²) in [6.45, 7) is 1.14. The van der Waals surface area contributed by atoms with Crippen LogP contribution in [-0.2, 0) is 19.5 Å². The van der Waals surface area contributed by atoms with Gasteiger partial charge in [0.2, 0.25) is 5.95 Å². The number of urea groups is 1. The number of aromatic nitrogens is 3. The number of nitrogens with zero attached hydrogens (tertiary/aromatic N) is 4. The van der Waals surface area contributed by atoms with E-state index >= 15 is 0 Å². The molecule has 0 atom stereocenters. The standard InChI is InChI=1S/C22H24ClN5O2/c1-30-19-10-5-7-16(13-19)15-28(22(29)24-18-9-6-8-17(23)14-18)21-26-25-20-11-3-2-4-12-27(20)21/h5-10,13-14H,2-4,11-12,15H2,1H3,(H,24,29). The van der Waals surface area contributed by atoms with E-state index in [4.69, 9.17) is 16.3 Å². The second-order valence-corrected chi connectivity index (χ2v) is 7.69. The monoisotopic (exact) mass is 425 g/mol. The lowest BCUT2D eigenvalue weighted by Crippen LogP contribution is -2.36. The van der Waals surface area contributed by atoms with Crippen molar-refractivity contribution in [2.24, 2.45) is 0 Å². The number of halogens is 1. The van der Waals surface area contributed by atoms with Crippen molar-refractivity contribution in [3.8, 4) is 5.75 Å². The third-order valence-electron chi connectivity index (χ3n) is 5.13. The quantitative estimate of drug-likeness (QED) is 0.630. The molecule has 1 N–H and O–H groups in total. The van der Waals surface area contributed by atoms with Crippen molar-refractivity contribution in [1.29, 1.82) is 0 Å². The van der Waals surface area contributed by atoms with Crippen LogP contribution in [0.15, 0.2) is 48.5 Å². The number of hydrogen-bond acceptors (Lipinski definition) is 4. The van der Waals surface area contributed by atoms with Crippen molar-refractivity contribution in [3.63, 3.8) is 0 Å². The van der Waals surface area contributed by atoms with E-state index in [9.17, 15) is 4.79 Å². The molecular weight excluding hydrogens is 402 g/mol. The molecule has 0 unspecified atom stereocenters. The number of nitrogens with one attached hydrogen (secondary N) is 1. The van der Waals surface area contributed by atoms with E-state index in [1.807, 2.05) is 24.3 Å². The number of anilines is 2. The lowest BCUT2D eigenvalue weighted by atomic mass is 10.2. The molecule has 3 aromatic rings. The Morgan fingerprint density at radius 3 is 2.87 bits per heavy atom.